The summed E-state index contributed by atoms with van der Waals surface area (Å²) < 4.78 is 28.4. The van der Waals surface area contributed by atoms with Gasteiger partial charge in [0, 0.05) is 55.5 Å². The molecule has 2 aromatic rings. The number of rotatable bonds is 4. The van der Waals surface area contributed by atoms with Gasteiger partial charge >= 0.3 is 0 Å². The van der Waals surface area contributed by atoms with Crippen molar-refractivity contribution in [2.24, 2.45) is 5.92 Å². The standard InChI is InChI=1S/C25H32ClN3O3S/c1-18-7-9-29(10-8-18)33(31,32)24-16-21(15-19(2)20(24)3)25(30)28-13-11-27(12-14-28)23-6-4-5-22(26)17-23/h4-6,15-18H,7-14H2,1-3H3. The van der Waals surface area contributed by atoms with Crippen molar-refractivity contribution >= 4 is 33.2 Å². The molecule has 2 aromatic carbocycles. The Balaban J connectivity index is 1.52. The van der Waals surface area contributed by atoms with E-state index in [1.807, 2.05) is 49.1 Å². The van der Waals surface area contributed by atoms with E-state index in [0.717, 1.165) is 29.7 Å². The normalized spacial score (nSPS) is 18.5. The van der Waals surface area contributed by atoms with E-state index in [1.54, 1.807) is 10.4 Å². The number of carbonyl (C=O) groups is 1. The topological polar surface area (TPSA) is 60.9 Å². The van der Waals surface area contributed by atoms with Crippen molar-refractivity contribution in [3.63, 3.8) is 0 Å². The molecule has 2 aliphatic heterocycles. The summed E-state index contributed by atoms with van der Waals surface area (Å²) in [6.45, 7) is 9.48. The zero-order chi connectivity index (χ0) is 23.8. The first-order chi connectivity index (χ1) is 15.7. The summed E-state index contributed by atoms with van der Waals surface area (Å²) in [4.78, 5) is 17.6. The van der Waals surface area contributed by atoms with E-state index in [9.17, 15) is 13.2 Å². The molecule has 0 aliphatic carbocycles. The Morgan fingerprint density at radius 3 is 2.27 bits per heavy atom. The number of nitrogens with zero attached hydrogens (tertiary/aromatic N) is 3. The largest absolute Gasteiger partial charge is 0.368 e. The molecule has 2 fully saturated rings. The first-order valence-corrected chi connectivity index (χ1v) is 13.4. The summed E-state index contributed by atoms with van der Waals surface area (Å²) in [5.41, 5.74) is 3.03. The number of benzene rings is 2. The molecule has 0 spiro atoms. The molecule has 0 radical (unpaired) electrons. The molecule has 0 saturated carbocycles. The number of aryl methyl sites for hydroxylation is 1. The Labute approximate surface area is 202 Å². The minimum Gasteiger partial charge on any atom is -0.368 e. The van der Waals surface area contributed by atoms with Crippen LogP contribution in [0.1, 0.15) is 41.3 Å². The van der Waals surface area contributed by atoms with E-state index in [1.165, 1.54) is 0 Å². The summed E-state index contributed by atoms with van der Waals surface area (Å²) in [6, 6.07) is 11.1. The van der Waals surface area contributed by atoms with Crippen LogP contribution in [-0.4, -0.2) is 62.8 Å². The number of amides is 1. The number of sulfonamides is 1. The van der Waals surface area contributed by atoms with E-state index in [-0.39, 0.29) is 10.8 Å². The van der Waals surface area contributed by atoms with Gasteiger partial charge in [-0.2, -0.15) is 4.31 Å². The summed E-state index contributed by atoms with van der Waals surface area (Å²) in [5, 5.41) is 0.693. The number of piperazine rings is 1. The summed E-state index contributed by atoms with van der Waals surface area (Å²) >= 11 is 6.12. The minimum atomic E-state index is -3.63. The van der Waals surface area contributed by atoms with E-state index in [2.05, 4.69) is 11.8 Å². The SMILES string of the molecule is Cc1cc(C(=O)N2CCN(c3cccc(Cl)c3)CC2)cc(S(=O)(=O)N2CCC(C)CC2)c1C. The Morgan fingerprint density at radius 1 is 0.970 bits per heavy atom. The van der Waals surface area contributed by atoms with Crippen molar-refractivity contribution in [2.45, 2.75) is 38.5 Å². The lowest BCUT2D eigenvalue weighted by atomic mass is 10.0. The third-order valence-electron chi connectivity index (χ3n) is 6.97. The van der Waals surface area contributed by atoms with Crippen molar-refractivity contribution in [3.8, 4) is 0 Å². The molecule has 4 rings (SSSR count). The predicted molar refractivity (Wildman–Crippen MR) is 133 cm³/mol. The van der Waals surface area contributed by atoms with E-state index >= 15 is 0 Å². The Bertz CT molecular complexity index is 1140. The van der Waals surface area contributed by atoms with Gasteiger partial charge in [0.05, 0.1) is 4.90 Å². The van der Waals surface area contributed by atoms with Crippen LogP contribution < -0.4 is 4.90 Å². The van der Waals surface area contributed by atoms with Crippen LogP contribution in [0.2, 0.25) is 5.02 Å². The van der Waals surface area contributed by atoms with Gasteiger partial charge in [-0.05, 0) is 74.1 Å². The minimum absolute atomic E-state index is 0.118. The number of halogens is 1. The van der Waals surface area contributed by atoms with E-state index < -0.39 is 10.0 Å². The van der Waals surface area contributed by atoms with E-state index in [4.69, 9.17) is 11.6 Å². The van der Waals surface area contributed by atoms with Gasteiger partial charge < -0.3 is 9.80 Å². The second-order valence-corrected chi connectivity index (χ2v) is 11.6. The quantitative estimate of drug-likeness (QED) is 0.641. The maximum absolute atomic E-state index is 13.4. The fourth-order valence-corrected chi connectivity index (χ4v) is 6.58. The highest BCUT2D eigenvalue weighted by Crippen LogP contribution is 2.29. The molecule has 6 nitrogen and oxygen atoms in total. The number of piperidine rings is 1. The van der Waals surface area contributed by atoms with Gasteiger partial charge in [0.2, 0.25) is 10.0 Å². The molecule has 178 valence electrons. The highest BCUT2D eigenvalue weighted by atomic mass is 35.5. The molecule has 1 amide bonds. The van der Waals surface area contributed by atoms with Crippen molar-refractivity contribution in [3.05, 3.63) is 58.1 Å². The van der Waals surface area contributed by atoms with Crippen LogP contribution in [0.15, 0.2) is 41.3 Å². The summed E-state index contributed by atoms with van der Waals surface area (Å²) in [5.74, 6) is 0.422. The van der Waals surface area contributed by atoms with Gasteiger partial charge in [-0.1, -0.05) is 24.6 Å². The molecule has 0 bridgehead atoms. The van der Waals surface area contributed by atoms with Crippen molar-refractivity contribution in [1.29, 1.82) is 0 Å². The molecule has 0 aromatic heterocycles. The smallest absolute Gasteiger partial charge is 0.254 e. The molecule has 0 atom stereocenters. The molecule has 2 heterocycles. The maximum atomic E-state index is 13.4. The number of hydrogen-bond donors (Lipinski definition) is 0. The van der Waals surface area contributed by atoms with Crippen molar-refractivity contribution in [2.75, 3.05) is 44.2 Å². The fourth-order valence-electron chi connectivity index (χ4n) is 4.61. The molecule has 33 heavy (non-hydrogen) atoms. The first-order valence-electron chi connectivity index (χ1n) is 11.6. The van der Waals surface area contributed by atoms with Crippen molar-refractivity contribution < 1.29 is 13.2 Å². The Kier molecular flexibility index (Phi) is 7.03. The molecular weight excluding hydrogens is 458 g/mol. The second-order valence-electron chi connectivity index (χ2n) is 9.26. The van der Waals surface area contributed by atoms with E-state index in [0.29, 0.717) is 55.8 Å². The third-order valence-corrected chi connectivity index (χ3v) is 9.23. The number of carbonyl (C=O) groups excluding carboxylic acids is 1. The lowest BCUT2D eigenvalue weighted by Gasteiger charge is -2.36. The average Bonchev–Trinajstić information content (AvgIpc) is 2.80. The summed E-state index contributed by atoms with van der Waals surface area (Å²) in [6.07, 6.45) is 1.74. The first kappa shape index (κ1) is 24.0. The van der Waals surface area contributed by atoms with Crippen LogP contribution in [0.5, 0.6) is 0 Å². The van der Waals surface area contributed by atoms with Gasteiger partial charge in [-0.3, -0.25) is 4.79 Å². The van der Waals surface area contributed by atoms with Gasteiger partial charge in [0.1, 0.15) is 0 Å². The van der Waals surface area contributed by atoms with Crippen LogP contribution in [-0.2, 0) is 10.0 Å². The van der Waals surface area contributed by atoms with Gasteiger partial charge in [-0.15, -0.1) is 0 Å². The van der Waals surface area contributed by atoms with Gasteiger partial charge in [-0.25, -0.2) is 8.42 Å². The monoisotopic (exact) mass is 489 g/mol. The van der Waals surface area contributed by atoms with Gasteiger partial charge in [0.15, 0.2) is 0 Å². The zero-order valence-corrected chi connectivity index (χ0v) is 21.1. The molecule has 0 N–H and O–H groups in total. The lowest BCUT2D eigenvalue weighted by molar-refractivity contribution is 0.0746. The fraction of sp³-hybridized carbons (Fsp3) is 0.480. The maximum Gasteiger partial charge on any atom is 0.254 e. The van der Waals surface area contributed by atoms with Crippen LogP contribution in [0.3, 0.4) is 0 Å². The van der Waals surface area contributed by atoms with Crippen LogP contribution in [0.4, 0.5) is 5.69 Å². The lowest BCUT2D eigenvalue weighted by Crippen LogP contribution is -2.48. The van der Waals surface area contributed by atoms with Crippen LogP contribution >= 0.6 is 11.6 Å². The Hall–Kier alpha value is -2.09. The molecule has 0 unspecified atom stereocenters. The highest BCUT2D eigenvalue weighted by molar-refractivity contribution is 7.89. The summed E-state index contributed by atoms with van der Waals surface area (Å²) in [7, 11) is -3.63. The zero-order valence-electron chi connectivity index (χ0n) is 19.6. The van der Waals surface area contributed by atoms with Gasteiger partial charge in [0.25, 0.3) is 5.91 Å². The number of anilines is 1. The molecule has 2 saturated heterocycles. The number of hydrogen-bond acceptors (Lipinski definition) is 4. The Morgan fingerprint density at radius 2 is 1.64 bits per heavy atom. The average molecular weight is 490 g/mol. The molecular formula is C25H32ClN3O3S. The van der Waals surface area contributed by atoms with Crippen LogP contribution in [0.25, 0.3) is 0 Å². The molecule has 2 aliphatic rings. The highest BCUT2D eigenvalue weighted by Gasteiger charge is 2.31. The molecule has 8 heteroatoms. The van der Waals surface area contributed by atoms with Crippen molar-refractivity contribution in [1.82, 2.24) is 9.21 Å². The second kappa shape index (κ2) is 9.65. The van der Waals surface area contributed by atoms with Crippen LogP contribution in [0, 0.1) is 19.8 Å². The predicted octanol–water partition coefficient (Wildman–Crippen LogP) is 4.34. The third kappa shape index (κ3) is 5.05.